The van der Waals surface area contributed by atoms with Crippen molar-refractivity contribution in [3.8, 4) is 0 Å². The monoisotopic (exact) mass is 342 g/mol. The van der Waals surface area contributed by atoms with Gasteiger partial charge >= 0.3 is 0 Å². The van der Waals surface area contributed by atoms with Gasteiger partial charge in [0.15, 0.2) is 0 Å². The maximum absolute atomic E-state index is 12.8. The van der Waals surface area contributed by atoms with Gasteiger partial charge in [0.1, 0.15) is 0 Å². The van der Waals surface area contributed by atoms with E-state index in [0.717, 1.165) is 23.9 Å². The summed E-state index contributed by atoms with van der Waals surface area (Å²) in [6, 6.07) is 5.63. The van der Waals surface area contributed by atoms with E-state index in [2.05, 4.69) is 18.8 Å². The molecular weight excluding hydrogens is 316 g/mol. The fourth-order valence-electron chi connectivity index (χ4n) is 3.48. The van der Waals surface area contributed by atoms with Crippen molar-refractivity contribution in [1.82, 2.24) is 19.4 Å². The van der Waals surface area contributed by atoms with Crippen molar-refractivity contribution >= 4 is 22.8 Å². The molecule has 2 heterocycles. The third kappa shape index (κ3) is 3.38. The summed E-state index contributed by atoms with van der Waals surface area (Å²) < 4.78 is 1.94. The molecule has 0 unspecified atom stereocenters. The average molecular weight is 342 g/mol. The fourth-order valence-corrected chi connectivity index (χ4v) is 3.48. The van der Waals surface area contributed by atoms with Crippen molar-refractivity contribution < 1.29 is 9.59 Å². The highest BCUT2D eigenvalue weighted by atomic mass is 16.2. The molecule has 1 saturated heterocycles. The molecule has 1 aromatic carbocycles. The lowest BCUT2D eigenvalue weighted by atomic mass is 10.0. The number of carbonyl (C=O) groups is 2. The second-order valence-corrected chi connectivity index (χ2v) is 6.69. The van der Waals surface area contributed by atoms with Crippen molar-refractivity contribution in [2.75, 3.05) is 26.2 Å². The van der Waals surface area contributed by atoms with Gasteiger partial charge in [-0.2, -0.15) is 0 Å². The zero-order valence-corrected chi connectivity index (χ0v) is 15.2. The van der Waals surface area contributed by atoms with Crippen LogP contribution in [0.2, 0.25) is 0 Å². The van der Waals surface area contributed by atoms with E-state index in [-0.39, 0.29) is 17.7 Å². The number of hydrogen-bond donors (Lipinski definition) is 0. The van der Waals surface area contributed by atoms with E-state index in [1.54, 1.807) is 6.33 Å². The Hall–Kier alpha value is -2.37. The molecule has 0 bridgehead atoms. The van der Waals surface area contributed by atoms with Crippen molar-refractivity contribution in [1.29, 1.82) is 0 Å². The molecule has 0 aliphatic carbocycles. The Morgan fingerprint density at radius 3 is 2.36 bits per heavy atom. The number of aromatic nitrogens is 2. The average Bonchev–Trinajstić information content (AvgIpc) is 3.02. The van der Waals surface area contributed by atoms with E-state index >= 15 is 0 Å². The number of piperazine rings is 1. The Bertz CT molecular complexity index is 771. The highest BCUT2D eigenvalue weighted by Crippen LogP contribution is 2.18. The smallest absolute Gasteiger partial charge is 0.254 e. The second kappa shape index (κ2) is 7.25. The summed E-state index contributed by atoms with van der Waals surface area (Å²) in [5.74, 6) is 0.350. The second-order valence-electron chi connectivity index (χ2n) is 6.69. The third-order valence-corrected chi connectivity index (χ3v) is 5.19. The van der Waals surface area contributed by atoms with Gasteiger partial charge in [0.25, 0.3) is 5.91 Å². The number of nitrogens with zero attached hydrogens (tertiary/aromatic N) is 4. The molecule has 134 valence electrons. The van der Waals surface area contributed by atoms with E-state index in [1.165, 1.54) is 0 Å². The molecule has 1 aliphatic rings. The minimum Gasteiger partial charge on any atom is -0.339 e. The molecule has 1 aliphatic heterocycles. The van der Waals surface area contributed by atoms with E-state index in [0.29, 0.717) is 31.7 Å². The van der Waals surface area contributed by atoms with E-state index in [4.69, 9.17) is 0 Å². The van der Waals surface area contributed by atoms with Gasteiger partial charge in [-0.15, -0.1) is 0 Å². The van der Waals surface area contributed by atoms with Crippen LogP contribution in [0.15, 0.2) is 24.5 Å². The number of benzene rings is 1. The van der Waals surface area contributed by atoms with E-state index in [9.17, 15) is 9.59 Å². The van der Waals surface area contributed by atoms with Crippen molar-refractivity contribution in [2.24, 2.45) is 13.0 Å². The number of carbonyl (C=O) groups excluding carboxylic acids is 2. The van der Waals surface area contributed by atoms with Gasteiger partial charge < -0.3 is 14.4 Å². The normalized spacial score (nSPS) is 15.2. The van der Waals surface area contributed by atoms with Crippen LogP contribution in [0.1, 0.15) is 37.0 Å². The lowest BCUT2D eigenvalue weighted by Gasteiger charge is -2.36. The first-order valence-corrected chi connectivity index (χ1v) is 9.04. The zero-order chi connectivity index (χ0) is 18.0. The maximum Gasteiger partial charge on any atom is 0.254 e. The largest absolute Gasteiger partial charge is 0.339 e. The van der Waals surface area contributed by atoms with Gasteiger partial charge in [-0.3, -0.25) is 9.59 Å². The first kappa shape index (κ1) is 17.5. The highest BCUT2D eigenvalue weighted by molar-refractivity contribution is 5.97. The summed E-state index contributed by atoms with van der Waals surface area (Å²) >= 11 is 0. The number of fused-ring (bicyclic) bond motifs is 1. The van der Waals surface area contributed by atoms with Gasteiger partial charge in [0, 0.05) is 44.7 Å². The summed E-state index contributed by atoms with van der Waals surface area (Å²) in [6.07, 6.45) is 3.50. The predicted molar refractivity (Wildman–Crippen MR) is 97.3 cm³/mol. The Kier molecular flexibility index (Phi) is 5.06. The van der Waals surface area contributed by atoms with Crippen LogP contribution in [0.3, 0.4) is 0 Å². The molecule has 0 radical (unpaired) electrons. The number of aryl methyl sites for hydroxylation is 1. The number of imidazole rings is 1. The Labute approximate surface area is 148 Å². The lowest BCUT2D eigenvalue weighted by Crippen LogP contribution is -2.51. The van der Waals surface area contributed by atoms with Gasteiger partial charge in [0.2, 0.25) is 5.91 Å². The SMILES string of the molecule is CCC(CC)C(=O)N1CCN(C(=O)c2ccc3c(c2)ncn3C)CC1. The van der Waals surface area contributed by atoms with Crippen LogP contribution in [0, 0.1) is 5.92 Å². The number of rotatable bonds is 4. The molecule has 0 saturated carbocycles. The van der Waals surface area contributed by atoms with Crippen LogP contribution < -0.4 is 0 Å². The summed E-state index contributed by atoms with van der Waals surface area (Å²) in [5.41, 5.74) is 2.50. The third-order valence-electron chi connectivity index (χ3n) is 5.19. The fraction of sp³-hybridized carbons (Fsp3) is 0.526. The molecule has 6 nitrogen and oxygen atoms in total. The van der Waals surface area contributed by atoms with Gasteiger partial charge in [-0.05, 0) is 31.0 Å². The number of amides is 2. The molecule has 2 aromatic rings. The standard InChI is InChI=1S/C19H26N4O2/c1-4-14(5-2)18(24)22-8-10-23(11-9-22)19(25)15-6-7-17-16(12-15)20-13-21(17)3/h6-7,12-14H,4-5,8-11H2,1-3H3. The molecule has 0 N–H and O–H groups in total. The molecule has 0 atom stereocenters. The molecule has 25 heavy (non-hydrogen) atoms. The molecular formula is C19H26N4O2. The number of hydrogen-bond acceptors (Lipinski definition) is 3. The topological polar surface area (TPSA) is 58.4 Å². The molecule has 1 aromatic heterocycles. The van der Waals surface area contributed by atoms with Crippen LogP contribution in [0.5, 0.6) is 0 Å². The zero-order valence-electron chi connectivity index (χ0n) is 15.2. The van der Waals surface area contributed by atoms with Crippen LogP contribution >= 0.6 is 0 Å². The Morgan fingerprint density at radius 1 is 1.08 bits per heavy atom. The summed E-state index contributed by atoms with van der Waals surface area (Å²) in [6.45, 7) is 6.52. The Morgan fingerprint density at radius 2 is 1.72 bits per heavy atom. The molecule has 1 fully saturated rings. The van der Waals surface area contributed by atoms with Gasteiger partial charge in [0.05, 0.1) is 17.4 Å². The van der Waals surface area contributed by atoms with Crippen molar-refractivity contribution in [3.05, 3.63) is 30.1 Å². The first-order valence-electron chi connectivity index (χ1n) is 9.04. The molecule has 2 amide bonds. The van der Waals surface area contributed by atoms with Crippen LogP contribution in [-0.4, -0.2) is 57.3 Å². The Balaban J connectivity index is 1.65. The van der Waals surface area contributed by atoms with Gasteiger partial charge in [-0.25, -0.2) is 4.98 Å². The molecule has 0 spiro atoms. The molecule has 6 heteroatoms. The molecule has 3 rings (SSSR count). The van der Waals surface area contributed by atoms with Crippen LogP contribution in [0.4, 0.5) is 0 Å². The summed E-state index contributed by atoms with van der Waals surface area (Å²) in [5, 5.41) is 0. The van der Waals surface area contributed by atoms with Crippen molar-refractivity contribution in [2.45, 2.75) is 26.7 Å². The maximum atomic E-state index is 12.8. The lowest BCUT2D eigenvalue weighted by molar-refractivity contribution is -0.137. The van der Waals surface area contributed by atoms with E-state index < -0.39 is 0 Å². The summed E-state index contributed by atoms with van der Waals surface area (Å²) in [4.78, 5) is 33.3. The van der Waals surface area contributed by atoms with Gasteiger partial charge in [-0.1, -0.05) is 13.8 Å². The quantitative estimate of drug-likeness (QED) is 0.857. The highest BCUT2D eigenvalue weighted by Gasteiger charge is 2.27. The minimum absolute atomic E-state index is 0.0159. The van der Waals surface area contributed by atoms with Crippen LogP contribution in [-0.2, 0) is 11.8 Å². The minimum atomic E-state index is 0.0159. The van der Waals surface area contributed by atoms with Crippen molar-refractivity contribution in [3.63, 3.8) is 0 Å². The predicted octanol–water partition coefficient (Wildman–Crippen LogP) is 2.29. The summed E-state index contributed by atoms with van der Waals surface area (Å²) in [7, 11) is 1.94. The van der Waals surface area contributed by atoms with E-state index in [1.807, 2.05) is 39.6 Å². The first-order chi connectivity index (χ1) is 12.0. The van der Waals surface area contributed by atoms with Crippen LogP contribution in [0.25, 0.3) is 11.0 Å².